The van der Waals surface area contributed by atoms with E-state index in [1.165, 1.54) is 28.8 Å². The lowest BCUT2D eigenvalue weighted by atomic mass is 10.1. The molecule has 1 aliphatic heterocycles. The fourth-order valence-electron chi connectivity index (χ4n) is 2.94. The molecule has 1 saturated heterocycles. The van der Waals surface area contributed by atoms with Gasteiger partial charge in [0.15, 0.2) is 0 Å². The molecule has 170 valence electrons. The van der Waals surface area contributed by atoms with Crippen molar-refractivity contribution in [2.75, 3.05) is 4.90 Å². The monoisotopic (exact) mass is 461 g/mol. The van der Waals surface area contributed by atoms with Crippen molar-refractivity contribution < 1.29 is 45.5 Å². The van der Waals surface area contributed by atoms with Crippen LogP contribution in [0.5, 0.6) is 5.75 Å². The molecule has 0 radical (unpaired) electrons. The van der Waals surface area contributed by atoms with Crippen molar-refractivity contribution in [3.63, 3.8) is 0 Å². The number of benzene rings is 2. The normalized spacial score (nSPS) is 19.0. The van der Waals surface area contributed by atoms with E-state index in [0.717, 1.165) is 12.1 Å². The summed E-state index contributed by atoms with van der Waals surface area (Å²) in [4.78, 5) is 37.5. The molecule has 32 heavy (non-hydrogen) atoms. The van der Waals surface area contributed by atoms with Gasteiger partial charge in [0.05, 0.1) is 5.69 Å². The van der Waals surface area contributed by atoms with Crippen molar-refractivity contribution in [2.24, 2.45) is 0 Å². The first-order valence-electron chi connectivity index (χ1n) is 8.72. The largest absolute Gasteiger partial charge is 0.573 e. The first-order valence-corrected chi connectivity index (χ1v) is 8.72. The number of hydrogen-bond donors (Lipinski definition) is 2. The molecule has 0 aliphatic carbocycles. The van der Waals surface area contributed by atoms with Crippen LogP contribution in [0.2, 0.25) is 0 Å². The summed E-state index contributed by atoms with van der Waals surface area (Å²) in [6.07, 6.45) is -10.5. The Morgan fingerprint density at radius 2 is 1.66 bits per heavy atom. The van der Waals surface area contributed by atoms with E-state index in [1.54, 1.807) is 13.0 Å². The van der Waals surface area contributed by atoms with Gasteiger partial charge >= 0.3 is 18.6 Å². The van der Waals surface area contributed by atoms with Gasteiger partial charge < -0.3 is 10.1 Å². The number of anilines is 1. The van der Waals surface area contributed by atoms with Gasteiger partial charge in [-0.1, -0.05) is 17.7 Å². The lowest BCUT2D eigenvalue weighted by Crippen LogP contribution is -2.69. The number of carbonyl (C=O) groups excluding carboxylic acids is 3. The van der Waals surface area contributed by atoms with Gasteiger partial charge in [0.2, 0.25) is 0 Å². The Kier molecular flexibility index (Phi) is 5.53. The molecule has 1 unspecified atom stereocenters. The zero-order chi connectivity index (χ0) is 23.9. The third-order valence-corrected chi connectivity index (χ3v) is 4.36. The standard InChI is InChI=1S/C19H13F6N3O4/c1-10-3-2-4-11(9-10)14(29)26-17(18(20,21)22)15(30)28(16(31)27-17)12-5-7-13(8-6-12)32-19(23,24)25/h2-9H,1H3,(H,26,29)(H,27,31). The van der Waals surface area contributed by atoms with E-state index < -0.39 is 47.5 Å². The predicted octanol–water partition coefficient (Wildman–Crippen LogP) is 3.64. The van der Waals surface area contributed by atoms with Gasteiger partial charge in [-0.25, -0.2) is 9.69 Å². The highest BCUT2D eigenvalue weighted by atomic mass is 19.4. The zero-order valence-corrected chi connectivity index (χ0v) is 16.0. The van der Waals surface area contributed by atoms with Gasteiger partial charge in [-0.15, -0.1) is 13.2 Å². The number of ether oxygens (including phenoxy) is 1. The summed E-state index contributed by atoms with van der Waals surface area (Å²) in [5.74, 6) is -3.89. The summed E-state index contributed by atoms with van der Waals surface area (Å²) in [5.41, 5.74) is -3.89. The van der Waals surface area contributed by atoms with E-state index in [2.05, 4.69) is 4.74 Å². The highest BCUT2D eigenvalue weighted by molar-refractivity contribution is 6.24. The van der Waals surface area contributed by atoms with Crippen molar-refractivity contribution in [2.45, 2.75) is 25.1 Å². The van der Waals surface area contributed by atoms with Crippen molar-refractivity contribution in [3.8, 4) is 5.75 Å². The number of halogens is 6. The lowest BCUT2D eigenvalue weighted by molar-refractivity contribution is -0.274. The molecule has 0 spiro atoms. The van der Waals surface area contributed by atoms with Crippen LogP contribution in [0.15, 0.2) is 48.5 Å². The quantitative estimate of drug-likeness (QED) is 0.538. The van der Waals surface area contributed by atoms with Crippen LogP contribution in [0.3, 0.4) is 0 Å². The van der Waals surface area contributed by atoms with Crippen molar-refractivity contribution in [3.05, 3.63) is 59.7 Å². The summed E-state index contributed by atoms with van der Waals surface area (Å²) in [6.45, 7) is 1.59. The summed E-state index contributed by atoms with van der Waals surface area (Å²) in [6, 6.07) is 6.94. The zero-order valence-electron chi connectivity index (χ0n) is 16.0. The number of carbonyl (C=O) groups is 3. The first kappa shape index (κ1) is 22.9. The molecule has 0 saturated carbocycles. The van der Waals surface area contributed by atoms with E-state index >= 15 is 0 Å². The van der Waals surface area contributed by atoms with Gasteiger partial charge in [0.25, 0.3) is 17.5 Å². The smallest absolute Gasteiger partial charge is 0.406 e. The number of rotatable bonds is 4. The number of aryl methyl sites for hydroxylation is 1. The number of nitrogens with one attached hydrogen (secondary N) is 2. The first-order chi connectivity index (χ1) is 14.7. The molecule has 2 aromatic rings. The fraction of sp³-hybridized carbons (Fsp3) is 0.211. The van der Waals surface area contributed by atoms with E-state index in [0.29, 0.717) is 17.7 Å². The maximum absolute atomic E-state index is 13.9. The molecular formula is C19H13F6N3O4. The second-order valence-corrected chi connectivity index (χ2v) is 6.68. The molecule has 0 bridgehead atoms. The van der Waals surface area contributed by atoms with Crippen LogP contribution in [0.4, 0.5) is 36.8 Å². The van der Waals surface area contributed by atoms with Gasteiger partial charge in [-0.3, -0.25) is 14.9 Å². The number of nitrogens with zero attached hydrogens (tertiary/aromatic N) is 1. The Bertz CT molecular complexity index is 1070. The third kappa shape index (κ3) is 4.31. The maximum Gasteiger partial charge on any atom is 0.573 e. The van der Waals surface area contributed by atoms with E-state index in [4.69, 9.17) is 0 Å². The molecule has 7 nitrogen and oxygen atoms in total. The van der Waals surface area contributed by atoms with Crippen LogP contribution in [0.25, 0.3) is 0 Å². The lowest BCUT2D eigenvalue weighted by Gasteiger charge is -2.29. The minimum Gasteiger partial charge on any atom is -0.406 e. The molecule has 1 fully saturated rings. The van der Waals surface area contributed by atoms with E-state index in [9.17, 15) is 40.7 Å². The van der Waals surface area contributed by atoms with Crippen LogP contribution in [-0.4, -0.2) is 36.0 Å². The second-order valence-electron chi connectivity index (χ2n) is 6.68. The average Bonchev–Trinajstić information content (AvgIpc) is 2.92. The van der Waals surface area contributed by atoms with Crippen molar-refractivity contribution in [1.29, 1.82) is 0 Å². The van der Waals surface area contributed by atoms with Crippen LogP contribution >= 0.6 is 0 Å². The molecule has 1 atom stereocenters. The molecule has 1 aliphatic rings. The topological polar surface area (TPSA) is 87.7 Å². The minimum atomic E-state index is -5.45. The summed E-state index contributed by atoms with van der Waals surface area (Å²) in [5, 5.41) is 2.98. The Hall–Kier alpha value is -3.77. The van der Waals surface area contributed by atoms with E-state index in [-0.39, 0.29) is 10.5 Å². The van der Waals surface area contributed by atoms with Crippen LogP contribution in [0.1, 0.15) is 15.9 Å². The van der Waals surface area contributed by atoms with Gasteiger partial charge in [-0.2, -0.15) is 13.2 Å². The maximum atomic E-state index is 13.9. The predicted molar refractivity (Wildman–Crippen MR) is 96.6 cm³/mol. The molecule has 0 aromatic heterocycles. The molecule has 3 rings (SSSR count). The van der Waals surface area contributed by atoms with E-state index in [1.807, 2.05) is 0 Å². The van der Waals surface area contributed by atoms with Crippen molar-refractivity contribution >= 4 is 23.5 Å². The SMILES string of the molecule is Cc1cccc(C(=O)NC2(C(F)(F)F)NC(=O)N(c3ccc(OC(F)(F)F)cc3)C2=O)c1. The Labute approximate surface area is 175 Å². The Morgan fingerprint density at radius 1 is 1.03 bits per heavy atom. The highest BCUT2D eigenvalue weighted by Crippen LogP contribution is 2.36. The fourth-order valence-corrected chi connectivity index (χ4v) is 2.94. The Morgan fingerprint density at radius 3 is 2.19 bits per heavy atom. The minimum absolute atomic E-state index is 0.0569. The molecule has 2 aromatic carbocycles. The molecule has 2 N–H and O–H groups in total. The number of alkyl halides is 6. The van der Waals surface area contributed by atoms with Crippen LogP contribution < -0.4 is 20.3 Å². The number of imide groups is 1. The highest BCUT2D eigenvalue weighted by Gasteiger charge is 2.69. The molecule has 4 amide bonds. The number of hydrogen-bond acceptors (Lipinski definition) is 4. The summed E-state index contributed by atoms with van der Waals surface area (Å²) in [7, 11) is 0. The van der Waals surface area contributed by atoms with Gasteiger partial charge in [0, 0.05) is 5.56 Å². The van der Waals surface area contributed by atoms with Crippen LogP contribution in [-0.2, 0) is 4.79 Å². The number of amides is 4. The van der Waals surface area contributed by atoms with Crippen LogP contribution in [0, 0.1) is 6.92 Å². The summed E-state index contributed by atoms with van der Waals surface area (Å²) < 4.78 is 82.2. The third-order valence-electron chi connectivity index (χ3n) is 4.36. The van der Waals surface area contributed by atoms with Gasteiger partial charge in [-0.05, 0) is 43.3 Å². The average molecular weight is 461 g/mol. The molecule has 13 heteroatoms. The second kappa shape index (κ2) is 7.73. The number of urea groups is 1. The summed E-state index contributed by atoms with van der Waals surface area (Å²) >= 11 is 0. The molecular weight excluding hydrogens is 448 g/mol. The van der Waals surface area contributed by atoms with Gasteiger partial charge in [0.1, 0.15) is 5.75 Å². The van der Waals surface area contributed by atoms with Crippen molar-refractivity contribution in [1.82, 2.24) is 10.6 Å². The molecule has 1 heterocycles. The Balaban J connectivity index is 1.94.